The summed E-state index contributed by atoms with van der Waals surface area (Å²) in [7, 11) is 0. The standard InChI is InChI=1S/C12H20O.2C2H6/c1-9(2)8-10(3)11-4-6-12(13)7-5-11;2*1-2/h4,6,9-10,13H,5,7-8H2,1-3H3;2*1-2H3. The van der Waals surface area contributed by atoms with Crippen LogP contribution in [-0.2, 0) is 0 Å². The first-order chi connectivity index (χ1) is 8.09. The van der Waals surface area contributed by atoms with E-state index in [9.17, 15) is 5.11 Å². The maximum atomic E-state index is 9.21. The van der Waals surface area contributed by atoms with E-state index >= 15 is 0 Å². The fraction of sp³-hybridized carbons (Fsp3) is 0.750. The van der Waals surface area contributed by atoms with Gasteiger partial charge in [-0.2, -0.15) is 0 Å². The van der Waals surface area contributed by atoms with Crippen molar-refractivity contribution in [2.45, 2.75) is 67.7 Å². The first-order valence-corrected chi connectivity index (χ1v) is 7.18. The fourth-order valence-electron chi connectivity index (χ4n) is 1.91. The molecular weight excluding hydrogens is 208 g/mol. The van der Waals surface area contributed by atoms with Crippen molar-refractivity contribution < 1.29 is 5.11 Å². The summed E-state index contributed by atoms with van der Waals surface area (Å²) in [5.41, 5.74) is 1.49. The maximum absolute atomic E-state index is 9.21. The van der Waals surface area contributed by atoms with Gasteiger partial charge in [0.25, 0.3) is 0 Å². The second-order valence-electron chi connectivity index (χ2n) is 4.43. The molecule has 1 rings (SSSR count). The molecule has 1 aliphatic rings. The van der Waals surface area contributed by atoms with E-state index in [0.717, 1.165) is 18.8 Å². The van der Waals surface area contributed by atoms with Crippen molar-refractivity contribution in [3.8, 4) is 0 Å². The second kappa shape index (κ2) is 11.8. The van der Waals surface area contributed by atoms with Crippen LogP contribution in [-0.4, -0.2) is 5.11 Å². The first kappa shape index (κ1) is 18.6. The van der Waals surface area contributed by atoms with E-state index in [1.165, 1.54) is 12.0 Å². The molecule has 0 radical (unpaired) electrons. The molecule has 0 fully saturated rings. The summed E-state index contributed by atoms with van der Waals surface area (Å²) in [6.07, 6.45) is 7.05. The highest BCUT2D eigenvalue weighted by Gasteiger charge is 2.13. The Morgan fingerprint density at radius 2 is 1.53 bits per heavy atom. The van der Waals surface area contributed by atoms with Crippen molar-refractivity contribution in [1.82, 2.24) is 0 Å². The minimum atomic E-state index is 0.528. The lowest BCUT2D eigenvalue weighted by Gasteiger charge is -2.19. The normalized spacial score (nSPS) is 15.8. The molecule has 0 saturated heterocycles. The van der Waals surface area contributed by atoms with Crippen LogP contribution in [0.1, 0.15) is 67.7 Å². The van der Waals surface area contributed by atoms with Crippen LogP contribution in [0.2, 0.25) is 0 Å². The zero-order valence-electron chi connectivity index (χ0n) is 12.9. The van der Waals surface area contributed by atoms with Gasteiger partial charge in [-0.1, -0.05) is 60.1 Å². The van der Waals surface area contributed by atoms with Crippen LogP contribution in [0.3, 0.4) is 0 Å². The van der Waals surface area contributed by atoms with Crippen LogP contribution in [0.5, 0.6) is 0 Å². The molecule has 102 valence electrons. The molecule has 17 heavy (non-hydrogen) atoms. The summed E-state index contributed by atoms with van der Waals surface area (Å²) in [6.45, 7) is 14.8. The van der Waals surface area contributed by atoms with Gasteiger partial charge in [-0.05, 0) is 30.8 Å². The quantitative estimate of drug-likeness (QED) is 0.652. The molecule has 0 bridgehead atoms. The Morgan fingerprint density at radius 3 is 1.88 bits per heavy atom. The summed E-state index contributed by atoms with van der Waals surface area (Å²) in [5, 5.41) is 9.21. The Balaban J connectivity index is 0. The van der Waals surface area contributed by atoms with Crippen molar-refractivity contribution >= 4 is 0 Å². The van der Waals surface area contributed by atoms with Gasteiger partial charge >= 0.3 is 0 Å². The van der Waals surface area contributed by atoms with Crippen LogP contribution in [0.25, 0.3) is 0 Å². The third-order valence-corrected chi connectivity index (χ3v) is 2.62. The molecule has 1 atom stereocenters. The van der Waals surface area contributed by atoms with Crippen LogP contribution in [0.4, 0.5) is 0 Å². The minimum Gasteiger partial charge on any atom is -0.512 e. The van der Waals surface area contributed by atoms with Crippen LogP contribution >= 0.6 is 0 Å². The molecule has 0 aromatic rings. The monoisotopic (exact) mass is 240 g/mol. The maximum Gasteiger partial charge on any atom is 0.0925 e. The summed E-state index contributed by atoms with van der Waals surface area (Å²) in [4.78, 5) is 0. The Bertz CT molecular complexity index is 224. The number of hydrogen-bond acceptors (Lipinski definition) is 1. The Labute approximate surface area is 109 Å². The third-order valence-electron chi connectivity index (χ3n) is 2.62. The van der Waals surface area contributed by atoms with Gasteiger partial charge in [-0.15, -0.1) is 0 Å². The van der Waals surface area contributed by atoms with E-state index in [-0.39, 0.29) is 0 Å². The van der Waals surface area contributed by atoms with Gasteiger partial charge in [0, 0.05) is 6.42 Å². The van der Waals surface area contributed by atoms with Gasteiger partial charge < -0.3 is 5.11 Å². The van der Waals surface area contributed by atoms with Gasteiger partial charge in [-0.25, -0.2) is 0 Å². The zero-order valence-corrected chi connectivity index (χ0v) is 12.9. The lowest BCUT2D eigenvalue weighted by Crippen LogP contribution is -2.06. The molecule has 1 heteroatoms. The fourth-order valence-corrected chi connectivity index (χ4v) is 1.91. The van der Waals surface area contributed by atoms with Gasteiger partial charge in [0.1, 0.15) is 0 Å². The molecule has 1 unspecified atom stereocenters. The Hall–Kier alpha value is -0.720. The number of aliphatic hydroxyl groups is 1. The predicted octanol–water partition coefficient (Wildman–Crippen LogP) is 5.88. The topological polar surface area (TPSA) is 20.2 Å². The van der Waals surface area contributed by atoms with Crippen molar-refractivity contribution in [3.05, 3.63) is 23.5 Å². The van der Waals surface area contributed by atoms with Crippen LogP contribution < -0.4 is 0 Å². The third kappa shape index (κ3) is 9.02. The SMILES string of the molecule is CC.CC.CC(C)CC(C)C1=CC=C(O)CC1. The largest absolute Gasteiger partial charge is 0.512 e. The number of aliphatic hydroxyl groups excluding tert-OH is 1. The summed E-state index contributed by atoms with van der Waals surface area (Å²) in [5.74, 6) is 1.96. The molecule has 0 aliphatic heterocycles. The highest BCUT2D eigenvalue weighted by atomic mass is 16.3. The highest BCUT2D eigenvalue weighted by molar-refractivity contribution is 5.21. The van der Waals surface area contributed by atoms with Crippen molar-refractivity contribution in [2.75, 3.05) is 0 Å². The van der Waals surface area contributed by atoms with E-state index in [4.69, 9.17) is 0 Å². The molecule has 1 N–H and O–H groups in total. The summed E-state index contributed by atoms with van der Waals surface area (Å²) >= 11 is 0. The van der Waals surface area contributed by atoms with E-state index in [2.05, 4.69) is 26.8 Å². The average molecular weight is 240 g/mol. The van der Waals surface area contributed by atoms with Crippen molar-refractivity contribution in [1.29, 1.82) is 0 Å². The van der Waals surface area contributed by atoms with Gasteiger partial charge in [0.15, 0.2) is 0 Å². The van der Waals surface area contributed by atoms with Crippen LogP contribution in [0.15, 0.2) is 23.5 Å². The molecular formula is C16H32O. The molecule has 1 aliphatic carbocycles. The van der Waals surface area contributed by atoms with Crippen molar-refractivity contribution in [3.63, 3.8) is 0 Å². The highest BCUT2D eigenvalue weighted by Crippen LogP contribution is 2.27. The zero-order chi connectivity index (χ0) is 13.8. The molecule has 0 aromatic heterocycles. The molecule has 1 nitrogen and oxygen atoms in total. The summed E-state index contributed by atoms with van der Waals surface area (Å²) in [6, 6.07) is 0. The molecule has 0 spiro atoms. The Morgan fingerprint density at radius 1 is 1.00 bits per heavy atom. The Kier molecular flexibility index (Phi) is 12.9. The smallest absolute Gasteiger partial charge is 0.0925 e. The molecule has 0 saturated carbocycles. The molecule has 0 heterocycles. The van der Waals surface area contributed by atoms with Crippen molar-refractivity contribution in [2.24, 2.45) is 11.8 Å². The predicted molar refractivity (Wildman–Crippen MR) is 79.3 cm³/mol. The van der Waals surface area contributed by atoms with E-state index in [1.54, 1.807) is 0 Å². The number of allylic oxidation sites excluding steroid dienone is 4. The number of hydrogen-bond donors (Lipinski definition) is 1. The minimum absolute atomic E-state index is 0.528. The van der Waals surface area contributed by atoms with E-state index in [0.29, 0.717) is 11.7 Å². The first-order valence-electron chi connectivity index (χ1n) is 7.18. The lowest BCUT2D eigenvalue weighted by atomic mass is 9.87. The molecule has 0 amide bonds. The van der Waals surface area contributed by atoms with Gasteiger partial charge in [0.2, 0.25) is 0 Å². The number of rotatable bonds is 3. The summed E-state index contributed by atoms with van der Waals surface area (Å²) < 4.78 is 0. The second-order valence-corrected chi connectivity index (χ2v) is 4.43. The molecule has 0 aromatic carbocycles. The van der Waals surface area contributed by atoms with Gasteiger partial charge in [0.05, 0.1) is 5.76 Å². The van der Waals surface area contributed by atoms with Crippen LogP contribution in [0, 0.1) is 11.8 Å². The lowest BCUT2D eigenvalue weighted by molar-refractivity contribution is 0.379. The average Bonchev–Trinajstić information content (AvgIpc) is 2.34. The van der Waals surface area contributed by atoms with Gasteiger partial charge in [-0.3, -0.25) is 0 Å². The van der Waals surface area contributed by atoms with E-state index in [1.807, 2.05) is 33.8 Å². The van der Waals surface area contributed by atoms with E-state index < -0.39 is 0 Å².